The Bertz CT molecular complexity index is 882. The molecule has 0 aliphatic carbocycles. The van der Waals surface area contributed by atoms with Gasteiger partial charge in [0.15, 0.2) is 0 Å². The standard InChI is InChI=1S/C20H23N3OS/c1-13(2)19(18-8-5-11-25-18)22-20(24)23-10-9-17-15(12-23)14-6-3-4-7-16(14)21-17/h3-8,11,13,19,21H,9-10,12H2,1-2H3,(H,22,24)/t19-/m1/s1. The lowest BCUT2D eigenvalue weighted by Gasteiger charge is -2.30. The molecule has 1 aliphatic rings. The van der Waals surface area contributed by atoms with Crippen molar-refractivity contribution in [3.8, 4) is 0 Å². The largest absolute Gasteiger partial charge is 0.358 e. The van der Waals surface area contributed by atoms with Crippen LogP contribution in [-0.4, -0.2) is 22.5 Å². The number of fused-ring (bicyclic) bond motifs is 3. The third kappa shape index (κ3) is 3.04. The lowest BCUT2D eigenvalue weighted by Crippen LogP contribution is -2.44. The van der Waals surface area contributed by atoms with E-state index in [-0.39, 0.29) is 12.1 Å². The summed E-state index contributed by atoms with van der Waals surface area (Å²) < 4.78 is 0. The van der Waals surface area contributed by atoms with E-state index in [9.17, 15) is 4.79 Å². The second-order valence-electron chi connectivity index (χ2n) is 6.99. The van der Waals surface area contributed by atoms with Crippen molar-refractivity contribution in [3.63, 3.8) is 0 Å². The number of urea groups is 1. The van der Waals surface area contributed by atoms with Crippen LogP contribution in [0.3, 0.4) is 0 Å². The Balaban J connectivity index is 1.53. The fourth-order valence-electron chi connectivity index (χ4n) is 3.60. The van der Waals surface area contributed by atoms with Gasteiger partial charge in [-0.3, -0.25) is 0 Å². The fourth-order valence-corrected chi connectivity index (χ4v) is 4.55. The molecule has 0 spiro atoms. The quantitative estimate of drug-likeness (QED) is 0.705. The van der Waals surface area contributed by atoms with Gasteiger partial charge in [0, 0.05) is 46.5 Å². The molecule has 0 radical (unpaired) electrons. The number of aromatic nitrogens is 1. The number of carbonyl (C=O) groups is 1. The van der Waals surface area contributed by atoms with E-state index in [1.54, 1.807) is 11.3 Å². The summed E-state index contributed by atoms with van der Waals surface area (Å²) in [5.74, 6) is 0.357. The maximum Gasteiger partial charge on any atom is 0.318 e. The van der Waals surface area contributed by atoms with E-state index in [4.69, 9.17) is 0 Å². The van der Waals surface area contributed by atoms with Gasteiger partial charge in [0.2, 0.25) is 0 Å². The highest BCUT2D eigenvalue weighted by atomic mass is 32.1. The van der Waals surface area contributed by atoms with Crippen LogP contribution >= 0.6 is 11.3 Å². The predicted molar refractivity (Wildman–Crippen MR) is 103 cm³/mol. The van der Waals surface area contributed by atoms with Gasteiger partial charge in [0.05, 0.1) is 6.04 Å². The molecule has 2 aromatic heterocycles. The number of hydrogen-bond acceptors (Lipinski definition) is 2. The zero-order chi connectivity index (χ0) is 17.4. The molecule has 4 rings (SSSR count). The Morgan fingerprint density at radius 3 is 2.84 bits per heavy atom. The topological polar surface area (TPSA) is 48.1 Å². The molecular formula is C20H23N3OS. The van der Waals surface area contributed by atoms with Crippen LogP contribution in [0, 0.1) is 5.92 Å². The first-order chi connectivity index (χ1) is 12.1. The maximum absolute atomic E-state index is 12.9. The van der Waals surface area contributed by atoms with Crippen LogP contribution < -0.4 is 5.32 Å². The number of nitrogens with zero attached hydrogens (tertiary/aromatic N) is 1. The Labute approximate surface area is 151 Å². The molecule has 3 heterocycles. The molecule has 0 bridgehead atoms. The van der Waals surface area contributed by atoms with Gasteiger partial charge in [0.1, 0.15) is 0 Å². The van der Waals surface area contributed by atoms with E-state index in [2.05, 4.69) is 53.8 Å². The molecule has 1 aliphatic heterocycles. The molecule has 1 atom stereocenters. The van der Waals surface area contributed by atoms with Crippen LogP contribution in [0.2, 0.25) is 0 Å². The molecule has 0 unspecified atom stereocenters. The van der Waals surface area contributed by atoms with Crippen LogP contribution in [0.4, 0.5) is 4.79 Å². The summed E-state index contributed by atoms with van der Waals surface area (Å²) in [6.07, 6.45) is 0.878. The minimum Gasteiger partial charge on any atom is -0.358 e. The van der Waals surface area contributed by atoms with Gasteiger partial charge in [-0.2, -0.15) is 0 Å². The summed E-state index contributed by atoms with van der Waals surface area (Å²) in [6.45, 7) is 5.72. The number of amides is 2. The molecule has 1 aromatic carbocycles. The van der Waals surface area contributed by atoms with Gasteiger partial charge in [-0.25, -0.2) is 4.79 Å². The van der Waals surface area contributed by atoms with E-state index >= 15 is 0 Å². The number of nitrogens with one attached hydrogen (secondary N) is 2. The summed E-state index contributed by atoms with van der Waals surface area (Å²) in [6, 6.07) is 12.6. The summed E-state index contributed by atoms with van der Waals surface area (Å²) >= 11 is 1.70. The van der Waals surface area contributed by atoms with E-state index < -0.39 is 0 Å². The van der Waals surface area contributed by atoms with Crippen LogP contribution in [-0.2, 0) is 13.0 Å². The zero-order valence-electron chi connectivity index (χ0n) is 14.6. The normalized spacial score (nSPS) is 15.4. The van der Waals surface area contributed by atoms with Crippen molar-refractivity contribution in [1.29, 1.82) is 0 Å². The molecule has 4 nitrogen and oxygen atoms in total. The van der Waals surface area contributed by atoms with Gasteiger partial charge in [-0.05, 0) is 23.4 Å². The molecule has 0 saturated heterocycles. The molecular weight excluding hydrogens is 330 g/mol. The molecule has 5 heteroatoms. The summed E-state index contributed by atoms with van der Waals surface area (Å²) in [5.41, 5.74) is 3.69. The number of para-hydroxylation sites is 1. The minimum atomic E-state index is 0.0306. The van der Waals surface area contributed by atoms with Gasteiger partial charge < -0.3 is 15.2 Å². The van der Waals surface area contributed by atoms with E-state index in [0.717, 1.165) is 18.5 Å². The number of carbonyl (C=O) groups excluding carboxylic acids is 1. The highest BCUT2D eigenvalue weighted by Crippen LogP contribution is 2.29. The van der Waals surface area contributed by atoms with Crippen molar-refractivity contribution in [2.75, 3.05) is 6.54 Å². The number of rotatable bonds is 3. The summed E-state index contributed by atoms with van der Waals surface area (Å²) in [5, 5.41) is 6.54. The van der Waals surface area contributed by atoms with Crippen molar-refractivity contribution in [2.45, 2.75) is 32.9 Å². The van der Waals surface area contributed by atoms with Crippen LogP contribution in [0.5, 0.6) is 0 Å². The molecule has 0 saturated carbocycles. The van der Waals surface area contributed by atoms with Crippen molar-refractivity contribution >= 4 is 28.3 Å². The van der Waals surface area contributed by atoms with Gasteiger partial charge in [-0.1, -0.05) is 38.1 Å². The van der Waals surface area contributed by atoms with Crippen molar-refractivity contribution in [3.05, 3.63) is 57.9 Å². The first-order valence-electron chi connectivity index (χ1n) is 8.81. The third-order valence-corrected chi connectivity index (χ3v) is 5.92. The van der Waals surface area contributed by atoms with E-state index in [0.29, 0.717) is 12.5 Å². The molecule has 2 N–H and O–H groups in total. The van der Waals surface area contributed by atoms with Crippen LogP contribution in [0.1, 0.15) is 36.0 Å². The zero-order valence-corrected chi connectivity index (χ0v) is 15.4. The monoisotopic (exact) mass is 353 g/mol. The third-order valence-electron chi connectivity index (χ3n) is 4.97. The van der Waals surface area contributed by atoms with Crippen LogP contribution in [0.25, 0.3) is 10.9 Å². The van der Waals surface area contributed by atoms with Gasteiger partial charge >= 0.3 is 6.03 Å². The second kappa shape index (κ2) is 6.56. The molecule has 3 aromatic rings. The van der Waals surface area contributed by atoms with E-state index in [1.165, 1.54) is 21.5 Å². The molecule has 0 fully saturated rings. The maximum atomic E-state index is 12.9. The smallest absolute Gasteiger partial charge is 0.318 e. The SMILES string of the molecule is CC(C)[C@@H](NC(=O)N1CCc2[nH]c3ccccc3c2C1)c1cccs1. The lowest BCUT2D eigenvalue weighted by molar-refractivity contribution is 0.185. The summed E-state index contributed by atoms with van der Waals surface area (Å²) in [4.78, 5) is 19.5. The highest BCUT2D eigenvalue weighted by Gasteiger charge is 2.27. The average Bonchev–Trinajstić information content (AvgIpc) is 3.26. The van der Waals surface area contributed by atoms with Crippen molar-refractivity contribution in [1.82, 2.24) is 15.2 Å². The second-order valence-corrected chi connectivity index (χ2v) is 7.97. The van der Waals surface area contributed by atoms with Crippen LogP contribution in [0.15, 0.2) is 41.8 Å². The van der Waals surface area contributed by atoms with Gasteiger partial charge in [0.25, 0.3) is 0 Å². The lowest BCUT2D eigenvalue weighted by atomic mass is 10.0. The Hall–Kier alpha value is -2.27. The first kappa shape index (κ1) is 16.2. The van der Waals surface area contributed by atoms with Gasteiger partial charge in [-0.15, -0.1) is 11.3 Å². The van der Waals surface area contributed by atoms with E-state index in [1.807, 2.05) is 17.0 Å². The Morgan fingerprint density at radius 1 is 1.24 bits per heavy atom. The number of aromatic amines is 1. The Kier molecular flexibility index (Phi) is 4.25. The van der Waals surface area contributed by atoms with Crippen molar-refractivity contribution in [2.24, 2.45) is 5.92 Å². The molecule has 2 amide bonds. The first-order valence-corrected chi connectivity index (χ1v) is 9.68. The predicted octanol–water partition coefficient (Wildman–Crippen LogP) is 4.69. The number of H-pyrrole nitrogens is 1. The number of hydrogen-bond donors (Lipinski definition) is 2. The highest BCUT2D eigenvalue weighted by molar-refractivity contribution is 7.10. The summed E-state index contributed by atoms with van der Waals surface area (Å²) in [7, 11) is 0. The molecule has 25 heavy (non-hydrogen) atoms. The minimum absolute atomic E-state index is 0.0306. The average molecular weight is 353 g/mol. The fraction of sp³-hybridized carbons (Fsp3) is 0.350. The Morgan fingerprint density at radius 2 is 2.08 bits per heavy atom. The number of thiophene rings is 1. The molecule has 130 valence electrons. The number of benzene rings is 1. The van der Waals surface area contributed by atoms with Crippen molar-refractivity contribution < 1.29 is 4.79 Å².